The van der Waals surface area contributed by atoms with E-state index in [2.05, 4.69) is 31.8 Å². The zero-order valence-electron chi connectivity index (χ0n) is 11.7. The number of hydrazine groups is 1. The lowest BCUT2D eigenvalue weighted by molar-refractivity contribution is 0.0842. The van der Waals surface area contributed by atoms with Gasteiger partial charge in [0.05, 0.1) is 5.56 Å². The van der Waals surface area contributed by atoms with Crippen molar-refractivity contribution < 1.29 is 14.0 Å². The summed E-state index contributed by atoms with van der Waals surface area (Å²) in [5, 5.41) is 0.860. The molecule has 0 radical (unpaired) electrons. The van der Waals surface area contributed by atoms with Crippen LogP contribution in [0.15, 0.2) is 53.0 Å². The Hall–Kier alpha value is -2.67. The topological polar surface area (TPSA) is 74.0 Å². The van der Waals surface area contributed by atoms with Crippen LogP contribution in [0.4, 0.5) is 4.39 Å². The van der Waals surface area contributed by atoms with Crippen molar-refractivity contribution >= 4 is 38.6 Å². The molecular weight excluding hydrogens is 365 g/mol. The number of carbonyl (C=O) groups excluding carboxylic acids is 2. The monoisotopic (exact) mass is 375 g/mol. The second-order valence-corrected chi connectivity index (χ2v) is 5.72. The number of hydrogen-bond acceptors (Lipinski definition) is 2. The number of rotatable bonds is 2. The van der Waals surface area contributed by atoms with Gasteiger partial charge in [0.25, 0.3) is 11.8 Å². The average Bonchev–Trinajstić information content (AvgIpc) is 2.95. The average molecular weight is 376 g/mol. The van der Waals surface area contributed by atoms with Crippen molar-refractivity contribution in [3.63, 3.8) is 0 Å². The van der Waals surface area contributed by atoms with Crippen molar-refractivity contribution in [2.75, 3.05) is 0 Å². The number of fused-ring (bicyclic) bond motifs is 1. The Balaban J connectivity index is 1.71. The molecule has 5 nitrogen and oxygen atoms in total. The fourth-order valence-electron chi connectivity index (χ4n) is 2.12. The largest absolute Gasteiger partial charge is 0.350 e. The number of aromatic amines is 1. The number of amides is 2. The van der Waals surface area contributed by atoms with Crippen LogP contribution in [-0.4, -0.2) is 16.8 Å². The lowest BCUT2D eigenvalue weighted by atomic mass is 10.2. The van der Waals surface area contributed by atoms with E-state index >= 15 is 0 Å². The van der Waals surface area contributed by atoms with Crippen LogP contribution in [0.5, 0.6) is 0 Å². The van der Waals surface area contributed by atoms with Gasteiger partial charge in [-0.1, -0.05) is 34.1 Å². The number of benzene rings is 2. The van der Waals surface area contributed by atoms with Crippen LogP contribution in [0.3, 0.4) is 0 Å². The summed E-state index contributed by atoms with van der Waals surface area (Å²) in [5.74, 6) is -1.91. The molecule has 0 aliphatic rings. The number of aromatic nitrogens is 1. The van der Waals surface area contributed by atoms with Gasteiger partial charge in [0, 0.05) is 15.4 Å². The van der Waals surface area contributed by atoms with Gasteiger partial charge in [-0.15, -0.1) is 0 Å². The number of hydrogen-bond donors (Lipinski definition) is 3. The summed E-state index contributed by atoms with van der Waals surface area (Å²) in [5.41, 5.74) is 5.36. The minimum atomic E-state index is -0.727. The minimum Gasteiger partial charge on any atom is -0.350 e. The molecular formula is C16H11BrFN3O2. The van der Waals surface area contributed by atoms with Crippen molar-refractivity contribution in [3.05, 3.63) is 70.1 Å². The van der Waals surface area contributed by atoms with Gasteiger partial charge in [-0.25, -0.2) is 4.39 Å². The van der Waals surface area contributed by atoms with E-state index in [9.17, 15) is 14.0 Å². The van der Waals surface area contributed by atoms with Gasteiger partial charge in [-0.05, 0) is 30.3 Å². The molecule has 0 spiro atoms. The van der Waals surface area contributed by atoms with Crippen LogP contribution in [0, 0.1) is 5.82 Å². The van der Waals surface area contributed by atoms with Gasteiger partial charge in [-0.3, -0.25) is 20.4 Å². The molecule has 0 saturated heterocycles. The maximum atomic E-state index is 13.5. The van der Waals surface area contributed by atoms with Crippen molar-refractivity contribution in [3.8, 4) is 0 Å². The molecule has 1 aromatic heterocycles. The highest BCUT2D eigenvalue weighted by atomic mass is 79.9. The first-order chi connectivity index (χ1) is 11.0. The minimum absolute atomic E-state index is 0.145. The number of halogens is 2. The highest BCUT2D eigenvalue weighted by molar-refractivity contribution is 9.10. The van der Waals surface area contributed by atoms with Crippen molar-refractivity contribution in [2.24, 2.45) is 0 Å². The Labute approximate surface area is 139 Å². The highest BCUT2D eigenvalue weighted by Crippen LogP contribution is 2.20. The Bertz CT molecular complexity index is 907. The standard InChI is InChI=1S/C16H11BrFN3O2/c17-10-6-5-9-7-14(19-13(9)8-10)16(23)21-20-15(22)11-3-1-2-4-12(11)18/h1-8,19H,(H,20,22)(H,21,23). The molecule has 0 saturated carbocycles. The maximum Gasteiger partial charge on any atom is 0.286 e. The Morgan fingerprint density at radius 3 is 2.52 bits per heavy atom. The van der Waals surface area contributed by atoms with Crippen molar-refractivity contribution in [2.45, 2.75) is 0 Å². The molecule has 0 bridgehead atoms. The lowest BCUT2D eigenvalue weighted by Gasteiger charge is -2.06. The molecule has 0 atom stereocenters. The molecule has 7 heteroatoms. The summed E-state index contributed by atoms with van der Waals surface area (Å²) in [6.45, 7) is 0. The molecule has 2 amide bonds. The zero-order valence-corrected chi connectivity index (χ0v) is 13.3. The van der Waals surface area contributed by atoms with Gasteiger partial charge in [0.15, 0.2) is 0 Å². The van der Waals surface area contributed by atoms with Crippen LogP contribution < -0.4 is 10.9 Å². The van der Waals surface area contributed by atoms with Crippen LogP contribution >= 0.6 is 15.9 Å². The first-order valence-electron chi connectivity index (χ1n) is 6.68. The van der Waals surface area contributed by atoms with Gasteiger partial charge >= 0.3 is 0 Å². The summed E-state index contributed by atoms with van der Waals surface area (Å²) in [6, 6.07) is 12.7. The Kier molecular flexibility index (Phi) is 4.12. The van der Waals surface area contributed by atoms with Gasteiger partial charge in [-0.2, -0.15) is 0 Å². The molecule has 23 heavy (non-hydrogen) atoms. The molecule has 3 aromatic rings. The predicted octanol–water partition coefficient (Wildman–Crippen LogP) is 3.14. The van der Waals surface area contributed by atoms with Crippen molar-refractivity contribution in [1.82, 2.24) is 15.8 Å². The van der Waals surface area contributed by atoms with E-state index in [4.69, 9.17) is 0 Å². The SMILES string of the molecule is O=C(NNC(=O)c1ccccc1F)c1cc2ccc(Br)cc2[nH]1. The van der Waals surface area contributed by atoms with E-state index < -0.39 is 17.6 Å². The van der Waals surface area contributed by atoms with E-state index in [-0.39, 0.29) is 11.3 Å². The van der Waals surface area contributed by atoms with Crippen LogP contribution in [0.1, 0.15) is 20.8 Å². The van der Waals surface area contributed by atoms with Gasteiger partial charge < -0.3 is 4.98 Å². The summed E-state index contributed by atoms with van der Waals surface area (Å²) in [6.07, 6.45) is 0. The van der Waals surface area contributed by atoms with E-state index in [1.165, 1.54) is 24.3 Å². The Morgan fingerprint density at radius 1 is 1.00 bits per heavy atom. The smallest absolute Gasteiger partial charge is 0.286 e. The van der Waals surface area contributed by atoms with Crippen LogP contribution in [0.2, 0.25) is 0 Å². The normalized spacial score (nSPS) is 10.5. The molecule has 0 unspecified atom stereocenters. The number of H-pyrrole nitrogens is 1. The fraction of sp³-hybridized carbons (Fsp3) is 0. The number of nitrogens with one attached hydrogen (secondary N) is 3. The van der Waals surface area contributed by atoms with Crippen LogP contribution in [0.25, 0.3) is 10.9 Å². The second-order valence-electron chi connectivity index (χ2n) is 4.80. The molecule has 2 aromatic carbocycles. The molecule has 116 valence electrons. The second kappa shape index (κ2) is 6.21. The molecule has 3 rings (SSSR count). The third-order valence-corrected chi connectivity index (χ3v) is 3.73. The summed E-state index contributed by atoms with van der Waals surface area (Å²) >= 11 is 3.35. The van der Waals surface area contributed by atoms with Gasteiger partial charge in [0.2, 0.25) is 0 Å². The van der Waals surface area contributed by atoms with E-state index in [1.807, 2.05) is 18.2 Å². The third kappa shape index (κ3) is 3.24. The quantitative estimate of drug-likeness (QED) is 0.602. The number of carbonyl (C=O) groups is 2. The fourth-order valence-corrected chi connectivity index (χ4v) is 2.48. The summed E-state index contributed by atoms with van der Waals surface area (Å²) in [7, 11) is 0. The molecule has 3 N–H and O–H groups in total. The first-order valence-corrected chi connectivity index (χ1v) is 7.47. The van der Waals surface area contributed by atoms with E-state index in [0.717, 1.165) is 15.4 Å². The Morgan fingerprint density at radius 2 is 1.74 bits per heavy atom. The van der Waals surface area contributed by atoms with Crippen LogP contribution in [-0.2, 0) is 0 Å². The summed E-state index contributed by atoms with van der Waals surface area (Å²) in [4.78, 5) is 26.8. The highest BCUT2D eigenvalue weighted by Gasteiger charge is 2.14. The maximum absolute atomic E-state index is 13.5. The molecule has 0 aliphatic heterocycles. The predicted molar refractivity (Wildman–Crippen MR) is 87.3 cm³/mol. The first kappa shape index (κ1) is 15.2. The third-order valence-electron chi connectivity index (χ3n) is 3.24. The van der Waals surface area contributed by atoms with E-state index in [0.29, 0.717) is 0 Å². The molecule has 0 fully saturated rings. The molecule has 1 heterocycles. The molecule has 0 aliphatic carbocycles. The zero-order chi connectivity index (χ0) is 16.4. The van der Waals surface area contributed by atoms with Gasteiger partial charge in [0.1, 0.15) is 11.5 Å². The lowest BCUT2D eigenvalue weighted by Crippen LogP contribution is -2.42. The van der Waals surface area contributed by atoms with Crippen molar-refractivity contribution in [1.29, 1.82) is 0 Å². The van der Waals surface area contributed by atoms with E-state index in [1.54, 1.807) is 6.07 Å². The summed E-state index contributed by atoms with van der Waals surface area (Å²) < 4.78 is 14.4.